The van der Waals surface area contributed by atoms with E-state index in [9.17, 15) is 10.2 Å². The zero-order valence-corrected chi connectivity index (χ0v) is 17.4. The van der Waals surface area contributed by atoms with E-state index < -0.39 is 0 Å². The van der Waals surface area contributed by atoms with E-state index in [0.29, 0.717) is 0 Å². The Morgan fingerprint density at radius 1 is 0.750 bits per heavy atom. The molecule has 2 aromatic carbocycles. The predicted octanol–water partition coefficient (Wildman–Crippen LogP) is 4.40. The molecular formula is C24H36N2O2. The molecule has 2 rings (SSSR count). The van der Waals surface area contributed by atoms with E-state index in [1.165, 1.54) is 31.2 Å². The van der Waals surface area contributed by atoms with Crippen LogP contribution in [0, 0.1) is 0 Å². The van der Waals surface area contributed by atoms with Gasteiger partial charge in [-0.1, -0.05) is 49.2 Å². The molecule has 0 amide bonds. The molecule has 0 spiro atoms. The van der Waals surface area contributed by atoms with E-state index >= 15 is 0 Å². The Hall–Kier alpha value is -2.04. The lowest BCUT2D eigenvalue weighted by Crippen LogP contribution is -2.41. The highest BCUT2D eigenvalue weighted by Crippen LogP contribution is 2.24. The monoisotopic (exact) mass is 384 g/mol. The largest absolute Gasteiger partial charge is 0.504 e. The third kappa shape index (κ3) is 8.77. The Morgan fingerprint density at radius 2 is 1.46 bits per heavy atom. The van der Waals surface area contributed by atoms with Crippen molar-refractivity contribution in [2.24, 2.45) is 0 Å². The van der Waals surface area contributed by atoms with Crippen LogP contribution in [0.2, 0.25) is 0 Å². The molecule has 0 heterocycles. The molecule has 0 aliphatic carbocycles. The molecule has 4 N–H and O–H groups in total. The number of hydrogen-bond donors (Lipinski definition) is 4. The topological polar surface area (TPSA) is 64.5 Å². The fourth-order valence-corrected chi connectivity index (χ4v) is 3.41. The summed E-state index contributed by atoms with van der Waals surface area (Å²) < 4.78 is 0. The maximum absolute atomic E-state index is 9.49. The maximum atomic E-state index is 9.49. The molecule has 0 fully saturated rings. The molecule has 0 aromatic heterocycles. The van der Waals surface area contributed by atoms with Gasteiger partial charge in [-0.15, -0.1) is 0 Å². The van der Waals surface area contributed by atoms with Crippen LogP contribution in [-0.2, 0) is 12.8 Å². The van der Waals surface area contributed by atoms with Crippen molar-refractivity contribution in [2.75, 3.05) is 19.6 Å². The summed E-state index contributed by atoms with van der Waals surface area (Å²) in [4.78, 5) is 0. The van der Waals surface area contributed by atoms with Gasteiger partial charge in [0.25, 0.3) is 0 Å². The third-order valence-corrected chi connectivity index (χ3v) is 5.00. The third-order valence-electron chi connectivity index (χ3n) is 5.00. The minimum absolute atomic E-state index is 0.0435. The second kappa shape index (κ2) is 11.7. The van der Waals surface area contributed by atoms with Crippen molar-refractivity contribution in [3.63, 3.8) is 0 Å². The molecule has 0 radical (unpaired) electrons. The smallest absolute Gasteiger partial charge is 0.157 e. The van der Waals surface area contributed by atoms with E-state index in [2.05, 4.69) is 54.8 Å². The predicted molar refractivity (Wildman–Crippen MR) is 117 cm³/mol. The van der Waals surface area contributed by atoms with Gasteiger partial charge in [-0.2, -0.15) is 0 Å². The number of phenols is 2. The standard InChI is InChI=1S/C24H36N2O2/c1-24(2,19-21-10-6-5-7-11-21)26-16-9-4-3-8-15-25-17-14-20-12-13-22(27)23(28)18-20/h5-7,10-13,18,25-28H,3-4,8-9,14-17,19H2,1-2H3. The van der Waals surface area contributed by atoms with Gasteiger partial charge in [0, 0.05) is 5.54 Å². The first-order valence-corrected chi connectivity index (χ1v) is 10.5. The van der Waals surface area contributed by atoms with E-state index in [-0.39, 0.29) is 17.0 Å². The van der Waals surface area contributed by atoms with Crippen LogP contribution in [-0.4, -0.2) is 35.4 Å². The molecule has 0 unspecified atom stereocenters. The number of nitrogens with one attached hydrogen (secondary N) is 2. The van der Waals surface area contributed by atoms with Crippen LogP contribution in [0.25, 0.3) is 0 Å². The number of phenolic OH excluding ortho intramolecular Hbond substituents is 2. The summed E-state index contributed by atoms with van der Waals surface area (Å²) in [6, 6.07) is 15.7. The molecular weight excluding hydrogens is 348 g/mol. The maximum Gasteiger partial charge on any atom is 0.157 e. The summed E-state index contributed by atoms with van der Waals surface area (Å²) in [7, 11) is 0. The average molecular weight is 385 g/mol. The van der Waals surface area contributed by atoms with Gasteiger partial charge in [0.2, 0.25) is 0 Å². The van der Waals surface area contributed by atoms with Crippen LogP contribution in [0.5, 0.6) is 11.5 Å². The molecule has 4 heteroatoms. The zero-order valence-electron chi connectivity index (χ0n) is 17.4. The molecule has 0 aliphatic rings. The van der Waals surface area contributed by atoms with Crippen molar-refractivity contribution in [3.8, 4) is 11.5 Å². The summed E-state index contributed by atoms with van der Waals surface area (Å²) in [6.07, 6.45) is 6.81. The lowest BCUT2D eigenvalue weighted by Gasteiger charge is -2.26. The van der Waals surface area contributed by atoms with Crippen molar-refractivity contribution < 1.29 is 10.2 Å². The Morgan fingerprint density at radius 3 is 2.18 bits per heavy atom. The molecule has 0 aliphatic heterocycles. The molecule has 0 bridgehead atoms. The number of rotatable bonds is 13. The number of unbranched alkanes of at least 4 members (excludes halogenated alkanes) is 3. The minimum Gasteiger partial charge on any atom is -0.504 e. The molecule has 154 valence electrons. The second-order valence-corrected chi connectivity index (χ2v) is 8.21. The SMILES string of the molecule is CC(C)(Cc1ccccc1)NCCCCCCNCCc1ccc(O)c(O)c1. The van der Waals surface area contributed by atoms with Crippen molar-refractivity contribution >= 4 is 0 Å². The number of benzene rings is 2. The molecule has 2 aromatic rings. The van der Waals surface area contributed by atoms with E-state index in [1.807, 2.05) is 6.07 Å². The van der Waals surface area contributed by atoms with E-state index in [0.717, 1.165) is 38.0 Å². The van der Waals surface area contributed by atoms with Gasteiger partial charge >= 0.3 is 0 Å². The summed E-state index contributed by atoms with van der Waals surface area (Å²) in [6.45, 7) is 7.53. The van der Waals surface area contributed by atoms with Crippen LogP contribution in [0.3, 0.4) is 0 Å². The highest BCUT2D eigenvalue weighted by Gasteiger charge is 2.16. The van der Waals surface area contributed by atoms with Gasteiger partial charge in [-0.05, 0) is 82.4 Å². The van der Waals surface area contributed by atoms with Crippen molar-refractivity contribution in [1.82, 2.24) is 10.6 Å². The fraction of sp³-hybridized carbons (Fsp3) is 0.500. The molecule has 0 saturated carbocycles. The van der Waals surface area contributed by atoms with Crippen LogP contribution in [0.1, 0.15) is 50.7 Å². The van der Waals surface area contributed by atoms with Crippen LogP contribution in [0.15, 0.2) is 48.5 Å². The first kappa shape index (κ1) is 22.3. The first-order chi connectivity index (χ1) is 13.5. The van der Waals surface area contributed by atoms with Gasteiger partial charge in [0.05, 0.1) is 0 Å². The fourth-order valence-electron chi connectivity index (χ4n) is 3.41. The summed E-state index contributed by atoms with van der Waals surface area (Å²) in [5, 5.41) is 25.9. The summed E-state index contributed by atoms with van der Waals surface area (Å²) in [5.74, 6) is -0.104. The highest BCUT2D eigenvalue weighted by atomic mass is 16.3. The highest BCUT2D eigenvalue weighted by molar-refractivity contribution is 5.40. The zero-order chi connectivity index (χ0) is 20.2. The van der Waals surface area contributed by atoms with Gasteiger partial charge in [0.15, 0.2) is 11.5 Å². The van der Waals surface area contributed by atoms with Gasteiger partial charge in [-0.3, -0.25) is 0 Å². The molecule has 4 nitrogen and oxygen atoms in total. The summed E-state index contributed by atoms with van der Waals surface area (Å²) >= 11 is 0. The Balaban J connectivity index is 1.45. The summed E-state index contributed by atoms with van der Waals surface area (Å²) in [5.41, 5.74) is 2.55. The Kier molecular flexibility index (Phi) is 9.32. The van der Waals surface area contributed by atoms with Crippen molar-refractivity contribution in [1.29, 1.82) is 0 Å². The molecule has 0 saturated heterocycles. The van der Waals surface area contributed by atoms with Crippen LogP contribution < -0.4 is 10.6 Å². The van der Waals surface area contributed by atoms with E-state index in [4.69, 9.17) is 0 Å². The molecule has 28 heavy (non-hydrogen) atoms. The minimum atomic E-state index is -0.0605. The number of aromatic hydroxyl groups is 2. The van der Waals surface area contributed by atoms with Gasteiger partial charge in [0.1, 0.15) is 0 Å². The Labute approximate surface area is 170 Å². The quantitative estimate of drug-likeness (QED) is 0.305. The second-order valence-electron chi connectivity index (χ2n) is 8.21. The molecule has 0 atom stereocenters. The Bertz CT molecular complexity index is 686. The van der Waals surface area contributed by atoms with Crippen molar-refractivity contribution in [3.05, 3.63) is 59.7 Å². The normalized spacial score (nSPS) is 11.6. The average Bonchev–Trinajstić information content (AvgIpc) is 2.66. The van der Waals surface area contributed by atoms with Gasteiger partial charge in [-0.25, -0.2) is 0 Å². The first-order valence-electron chi connectivity index (χ1n) is 10.5. The lowest BCUT2D eigenvalue weighted by atomic mass is 9.95. The van der Waals surface area contributed by atoms with Crippen LogP contribution in [0.4, 0.5) is 0 Å². The van der Waals surface area contributed by atoms with E-state index in [1.54, 1.807) is 12.1 Å². The number of hydrogen-bond acceptors (Lipinski definition) is 4. The lowest BCUT2D eigenvalue weighted by molar-refractivity contribution is 0.379. The van der Waals surface area contributed by atoms with Crippen LogP contribution >= 0.6 is 0 Å². The van der Waals surface area contributed by atoms with Crippen molar-refractivity contribution in [2.45, 2.75) is 57.9 Å². The van der Waals surface area contributed by atoms with Gasteiger partial charge < -0.3 is 20.8 Å².